The summed E-state index contributed by atoms with van der Waals surface area (Å²) in [4.78, 5) is 5.12. The Kier molecular flexibility index (Phi) is 6.22. The molecule has 0 amide bonds. The summed E-state index contributed by atoms with van der Waals surface area (Å²) in [7, 11) is 4.33. The van der Waals surface area contributed by atoms with Gasteiger partial charge >= 0.3 is 0 Å². The van der Waals surface area contributed by atoms with Crippen molar-refractivity contribution in [2.24, 2.45) is 0 Å². The summed E-state index contributed by atoms with van der Waals surface area (Å²) >= 11 is 0. The van der Waals surface area contributed by atoms with Crippen molar-refractivity contribution < 1.29 is 0 Å². The summed E-state index contributed by atoms with van der Waals surface area (Å²) in [5.41, 5.74) is 2.80. The normalized spacial score (nSPS) is 21.1. The van der Waals surface area contributed by atoms with Crippen LogP contribution in [0.4, 0.5) is 0 Å². The minimum Gasteiger partial charge on any atom is -0.312 e. The Hall–Kier alpha value is -0.900. The molecule has 0 aromatic heterocycles. The minimum absolute atomic E-state index is 0.410. The number of nitrogens with zero attached hydrogens (tertiary/aromatic N) is 2. The summed E-state index contributed by atoms with van der Waals surface area (Å²) in [5, 5.41) is 3.48. The summed E-state index contributed by atoms with van der Waals surface area (Å²) < 4.78 is 0. The van der Waals surface area contributed by atoms with Crippen LogP contribution in [0.3, 0.4) is 0 Å². The molecule has 0 aliphatic carbocycles. The molecule has 2 rings (SSSR count). The average molecular weight is 289 g/mol. The summed E-state index contributed by atoms with van der Waals surface area (Å²) in [5.74, 6) is 0. The lowest BCUT2D eigenvalue weighted by Gasteiger charge is -2.30. The van der Waals surface area contributed by atoms with Gasteiger partial charge in [-0.25, -0.2) is 0 Å². The van der Waals surface area contributed by atoms with Crippen LogP contribution in [0.25, 0.3) is 0 Å². The summed E-state index contributed by atoms with van der Waals surface area (Å²) in [6.07, 6.45) is 2.71. The maximum absolute atomic E-state index is 3.48. The van der Waals surface area contributed by atoms with E-state index < -0.39 is 0 Å². The lowest BCUT2D eigenvalue weighted by Crippen LogP contribution is -2.41. The summed E-state index contributed by atoms with van der Waals surface area (Å²) in [6, 6.07) is 9.87. The average Bonchev–Trinajstić information content (AvgIpc) is 2.92. The Labute approximate surface area is 130 Å². The van der Waals surface area contributed by atoms with Gasteiger partial charge in [0.05, 0.1) is 0 Å². The van der Waals surface area contributed by atoms with E-state index in [1.807, 2.05) is 0 Å². The van der Waals surface area contributed by atoms with E-state index in [2.05, 4.69) is 67.3 Å². The molecule has 1 aromatic rings. The largest absolute Gasteiger partial charge is 0.312 e. The van der Waals surface area contributed by atoms with E-state index in [0.29, 0.717) is 6.04 Å². The van der Waals surface area contributed by atoms with E-state index in [1.165, 1.54) is 43.6 Å². The van der Waals surface area contributed by atoms with Gasteiger partial charge in [-0.15, -0.1) is 0 Å². The quantitative estimate of drug-likeness (QED) is 0.832. The molecule has 2 atom stereocenters. The van der Waals surface area contributed by atoms with Crippen LogP contribution < -0.4 is 5.32 Å². The monoisotopic (exact) mass is 289 g/mol. The van der Waals surface area contributed by atoms with Crippen molar-refractivity contribution in [3.05, 3.63) is 35.4 Å². The van der Waals surface area contributed by atoms with Gasteiger partial charge in [-0.05, 0) is 58.1 Å². The van der Waals surface area contributed by atoms with Gasteiger partial charge in [0, 0.05) is 25.2 Å². The van der Waals surface area contributed by atoms with Crippen LogP contribution in [0.2, 0.25) is 0 Å². The maximum atomic E-state index is 3.48. The first-order valence-electron chi connectivity index (χ1n) is 8.31. The second-order valence-electron chi connectivity index (χ2n) is 6.34. The molecule has 0 spiro atoms. The third-order valence-corrected chi connectivity index (χ3v) is 4.83. The highest BCUT2D eigenvalue weighted by atomic mass is 15.2. The molecule has 3 heteroatoms. The van der Waals surface area contributed by atoms with Crippen molar-refractivity contribution in [1.82, 2.24) is 15.1 Å². The van der Waals surface area contributed by atoms with E-state index in [9.17, 15) is 0 Å². The van der Waals surface area contributed by atoms with Crippen LogP contribution in [0, 0.1) is 6.92 Å². The number of rotatable bonds is 7. The molecule has 118 valence electrons. The van der Waals surface area contributed by atoms with Gasteiger partial charge < -0.3 is 10.2 Å². The van der Waals surface area contributed by atoms with Crippen LogP contribution in [0.1, 0.15) is 36.9 Å². The zero-order valence-corrected chi connectivity index (χ0v) is 14.1. The number of hydrogen-bond donors (Lipinski definition) is 1. The topological polar surface area (TPSA) is 18.5 Å². The van der Waals surface area contributed by atoms with E-state index in [1.54, 1.807) is 0 Å². The van der Waals surface area contributed by atoms with Gasteiger partial charge in [0.2, 0.25) is 0 Å². The first kappa shape index (κ1) is 16.5. The first-order chi connectivity index (χ1) is 10.2. The molecular formula is C18H31N3. The molecular weight excluding hydrogens is 258 g/mol. The lowest BCUT2D eigenvalue weighted by atomic mass is 10.0. The van der Waals surface area contributed by atoms with Gasteiger partial charge in [0.15, 0.2) is 0 Å². The van der Waals surface area contributed by atoms with Gasteiger partial charge in [-0.3, -0.25) is 4.90 Å². The van der Waals surface area contributed by atoms with Crippen molar-refractivity contribution >= 4 is 0 Å². The van der Waals surface area contributed by atoms with Crippen LogP contribution >= 0.6 is 0 Å². The zero-order valence-electron chi connectivity index (χ0n) is 14.1. The first-order valence-corrected chi connectivity index (χ1v) is 8.31. The zero-order chi connectivity index (χ0) is 15.2. The molecule has 21 heavy (non-hydrogen) atoms. The number of likely N-dealkylation sites (N-methyl/N-ethyl adjacent to an activating group) is 3. The Bertz CT molecular complexity index is 432. The van der Waals surface area contributed by atoms with Crippen molar-refractivity contribution in [1.29, 1.82) is 0 Å². The Morgan fingerprint density at radius 2 is 2.14 bits per heavy atom. The minimum atomic E-state index is 0.410. The number of likely N-dealkylation sites (tertiary alicyclic amines) is 1. The van der Waals surface area contributed by atoms with Crippen molar-refractivity contribution in [3.8, 4) is 0 Å². The lowest BCUT2D eigenvalue weighted by molar-refractivity contribution is 0.189. The molecule has 1 heterocycles. The van der Waals surface area contributed by atoms with Gasteiger partial charge in [-0.1, -0.05) is 31.2 Å². The number of hydrogen-bond acceptors (Lipinski definition) is 3. The third kappa shape index (κ3) is 4.29. The number of aryl methyl sites for hydroxylation is 1. The predicted molar refractivity (Wildman–Crippen MR) is 90.7 cm³/mol. The van der Waals surface area contributed by atoms with Gasteiger partial charge in [0.25, 0.3) is 0 Å². The van der Waals surface area contributed by atoms with Crippen molar-refractivity contribution in [3.63, 3.8) is 0 Å². The highest BCUT2D eigenvalue weighted by Gasteiger charge is 2.25. The molecule has 1 aliphatic heterocycles. The van der Waals surface area contributed by atoms with E-state index in [-0.39, 0.29) is 0 Å². The molecule has 1 aliphatic rings. The number of nitrogens with one attached hydrogen (secondary N) is 1. The summed E-state index contributed by atoms with van der Waals surface area (Å²) in [6.45, 7) is 9.19. The predicted octanol–water partition coefficient (Wildman–Crippen LogP) is 2.67. The van der Waals surface area contributed by atoms with Crippen molar-refractivity contribution in [2.45, 2.75) is 38.8 Å². The third-order valence-electron chi connectivity index (χ3n) is 4.83. The Morgan fingerprint density at radius 3 is 2.81 bits per heavy atom. The van der Waals surface area contributed by atoms with E-state index in [0.717, 1.165) is 12.6 Å². The van der Waals surface area contributed by atoms with Gasteiger partial charge in [-0.2, -0.15) is 0 Å². The van der Waals surface area contributed by atoms with Crippen molar-refractivity contribution in [2.75, 3.05) is 40.3 Å². The van der Waals surface area contributed by atoms with Gasteiger partial charge in [0.1, 0.15) is 0 Å². The fourth-order valence-corrected chi connectivity index (χ4v) is 3.59. The second-order valence-corrected chi connectivity index (χ2v) is 6.34. The molecule has 1 N–H and O–H groups in total. The fourth-order valence-electron chi connectivity index (χ4n) is 3.59. The molecule has 0 saturated carbocycles. The molecule has 2 unspecified atom stereocenters. The van der Waals surface area contributed by atoms with E-state index in [4.69, 9.17) is 0 Å². The highest BCUT2D eigenvalue weighted by Crippen LogP contribution is 2.20. The van der Waals surface area contributed by atoms with Crippen LogP contribution in [-0.2, 0) is 0 Å². The number of benzene rings is 1. The molecule has 1 saturated heterocycles. The Morgan fingerprint density at radius 1 is 1.38 bits per heavy atom. The Balaban J connectivity index is 1.94. The molecule has 1 fully saturated rings. The SMILES string of the molecule is CCN1CCCC1CN(C)CC(NC)c1ccccc1C. The second kappa shape index (κ2) is 7.92. The maximum Gasteiger partial charge on any atom is 0.0449 e. The smallest absolute Gasteiger partial charge is 0.0449 e. The van der Waals surface area contributed by atoms with Crippen LogP contribution in [0.5, 0.6) is 0 Å². The fraction of sp³-hybridized carbons (Fsp3) is 0.667. The molecule has 3 nitrogen and oxygen atoms in total. The molecule has 0 bridgehead atoms. The van der Waals surface area contributed by atoms with Crippen LogP contribution in [-0.4, -0.2) is 56.1 Å². The molecule has 1 aromatic carbocycles. The highest BCUT2D eigenvalue weighted by molar-refractivity contribution is 5.28. The molecule has 0 radical (unpaired) electrons. The standard InChI is InChI=1S/C18H31N3/c1-5-21-12-8-10-16(21)13-20(4)14-18(19-3)17-11-7-6-9-15(17)2/h6-7,9,11,16,18-19H,5,8,10,12-14H2,1-4H3. The van der Waals surface area contributed by atoms with E-state index >= 15 is 0 Å². The van der Waals surface area contributed by atoms with Crippen LogP contribution in [0.15, 0.2) is 24.3 Å².